The number of thiol groups is 1. The van der Waals surface area contributed by atoms with Gasteiger partial charge in [-0.2, -0.15) is 0 Å². The van der Waals surface area contributed by atoms with Crippen molar-refractivity contribution in [2.75, 3.05) is 12.8 Å². The Labute approximate surface area is 103 Å². The standard InChI is InChI=1S/C11H15NO2S2/c1-8(16(2)14)7-12-11(13)9-4-3-5-10(15)6-9/h3-6,8,15H,7H2,1-2H3,(H,12,13). The molecule has 16 heavy (non-hydrogen) atoms. The molecule has 1 amide bonds. The van der Waals surface area contributed by atoms with Crippen LogP contribution in [0.3, 0.4) is 0 Å². The molecule has 88 valence electrons. The molecule has 0 fully saturated rings. The van der Waals surface area contributed by atoms with Crippen molar-refractivity contribution in [1.82, 2.24) is 5.32 Å². The summed E-state index contributed by atoms with van der Waals surface area (Å²) in [5.74, 6) is -0.159. The van der Waals surface area contributed by atoms with E-state index in [1.54, 1.807) is 24.5 Å². The quantitative estimate of drug-likeness (QED) is 0.802. The lowest BCUT2D eigenvalue weighted by Gasteiger charge is -2.10. The summed E-state index contributed by atoms with van der Waals surface area (Å²) in [6.45, 7) is 2.25. The molecule has 1 N–H and O–H groups in total. The van der Waals surface area contributed by atoms with Crippen LogP contribution in [-0.4, -0.2) is 28.2 Å². The van der Waals surface area contributed by atoms with Gasteiger partial charge in [0.05, 0.1) is 0 Å². The third-order valence-electron chi connectivity index (χ3n) is 2.23. The normalized spacial score (nSPS) is 14.2. The van der Waals surface area contributed by atoms with Gasteiger partial charge < -0.3 is 5.32 Å². The van der Waals surface area contributed by atoms with Crippen LogP contribution in [-0.2, 0) is 10.8 Å². The summed E-state index contributed by atoms with van der Waals surface area (Å²) in [6.07, 6.45) is 1.63. The summed E-state index contributed by atoms with van der Waals surface area (Å²) in [7, 11) is -0.917. The summed E-state index contributed by atoms with van der Waals surface area (Å²) in [4.78, 5) is 12.4. The lowest BCUT2D eigenvalue weighted by Crippen LogP contribution is -2.32. The zero-order valence-corrected chi connectivity index (χ0v) is 11.0. The van der Waals surface area contributed by atoms with Crippen molar-refractivity contribution in [2.24, 2.45) is 0 Å². The van der Waals surface area contributed by atoms with Crippen molar-refractivity contribution in [2.45, 2.75) is 17.1 Å². The van der Waals surface area contributed by atoms with Gasteiger partial charge in [0, 0.05) is 39.3 Å². The Morgan fingerprint density at radius 2 is 2.25 bits per heavy atom. The van der Waals surface area contributed by atoms with E-state index in [4.69, 9.17) is 0 Å². The fourth-order valence-corrected chi connectivity index (χ4v) is 1.65. The van der Waals surface area contributed by atoms with Crippen molar-refractivity contribution < 1.29 is 9.00 Å². The van der Waals surface area contributed by atoms with Crippen LogP contribution in [0.15, 0.2) is 29.2 Å². The fourth-order valence-electron chi connectivity index (χ4n) is 1.10. The number of benzene rings is 1. The van der Waals surface area contributed by atoms with Crippen LogP contribution in [0.1, 0.15) is 17.3 Å². The summed E-state index contributed by atoms with van der Waals surface area (Å²) in [5, 5.41) is 2.70. The highest BCUT2D eigenvalue weighted by Crippen LogP contribution is 2.08. The van der Waals surface area contributed by atoms with E-state index in [0.29, 0.717) is 12.1 Å². The highest BCUT2D eigenvalue weighted by atomic mass is 32.2. The van der Waals surface area contributed by atoms with Gasteiger partial charge in [0.15, 0.2) is 0 Å². The number of hydrogen-bond donors (Lipinski definition) is 2. The van der Waals surface area contributed by atoms with Gasteiger partial charge in [-0.05, 0) is 25.1 Å². The zero-order valence-electron chi connectivity index (χ0n) is 9.27. The van der Waals surface area contributed by atoms with Crippen LogP contribution in [0.5, 0.6) is 0 Å². The highest BCUT2D eigenvalue weighted by Gasteiger charge is 2.09. The smallest absolute Gasteiger partial charge is 0.251 e. The highest BCUT2D eigenvalue weighted by molar-refractivity contribution is 7.84. The van der Waals surface area contributed by atoms with Gasteiger partial charge in [0.1, 0.15) is 0 Å². The van der Waals surface area contributed by atoms with Crippen molar-refractivity contribution in [3.63, 3.8) is 0 Å². The topological polar surface area (TPSA) is 46.2 Å². The molecular formula is C11H15NO2S2. The van der Waals surface area contributed by atoms with Gasteiger partial charge in [-0.25, -0.2) is 0 Å². The minimum absolute atomic E-state index is 0.0388. The van der Waals surface area contributed by atoms with E-state index in [-0.39, 0.29) is 11.2 Å². The van der Waals surface area contributed by atoms with E-state index in [9.17, 15) is 9.00 Å². The molecule has 0 aromatic heterocycles. The Morgan fingerprint density at radius 3 is 2.81 bits per heavy atom. The van der Waals surface area contributed by atoms with Gasteiger partial charge in [0.25, 0.3) is 5.91 Å². The molecule has 3 nitrogen and oxygen atoms in total. The third-order valence-corrected chi connectivity index (χ3v) is 3.80. The maximum absolute atomic E-state index is 11.7. The number of hydrogen-bond acceptors (Lipinski definition) is 3. The molecule has 0 spiro atoms. The van der Waals surface area contributed by atoms with E-state index >= 15 is 0 Å². The van der Waals surface area contributed by atoms with Crippen molar-refractivity contribution in [3.8, 4) is 0 Å². The first-order chi connectivity index (χ1) is 7.50. The maximum atomic E-state index is 11.7. The Bertz CT molecular complexity index is 407. The number of carbonyl (C=O) groups excluding carboxylic acids is 1. The average Bonchev–Trinajstić information content (AvgIpc) is 2.25. The van der Waals surface area contributed by atoms with Crippen LogP contribution in [0.25, 0.3) is 0 Å². The first kappa shape index (κ1) is 13.3. The van der Waals surface area contributed by atoms with E-state index in [2.05, 4.69) is 17.9 Å². The third kappa shape index (κ3) is 3.98. The van der Waals surface area contributed by atoms with Gasteiger partial charge in [0.2, 0.25) is 0 Å². The Balaban J connectivity index is 2.56. The first-order valence-electron chi connectivity index (χ1n) is 4.90. The molecule has 0 aliphatic rings. The molecule has 0 saturated heterocycles. The van der Waals surface area contributed by atoms with Crippen molar-refractivity contribution >= 4 is 29.3 Å². The van der Waals surface area contributed by atoms with E-state index in [1.165, 1.54) is 0 Å². The predicted octanol–water partition coefficient (Wildman–Crippen LogP) is 1.47. The monoisotopic (exact) mass is 257 g/mol. The molecule has 1 aromatic rings. The van der Waals surface area contributed by atoms with Crippen molar-refractivity contribution in [3.05, 3.63) is 29.8 Å². The first-order valence-corrected chi connectivity index (χ1v) is 6.97. The van der Waals surface area contributed by atoms with Gasteiger partial charge >= 0.3 is 0 Å². The molecule has 0 aliphatic heterocycles. The fraction of sp³-hybridized carbons (Fsp3) is 0.364. The largest absolute Gasteiger partial charge is 0.351 e. The van der Waals surface area contributed by atoms with E-state index in [0.717, 1.165) is 4.90 Å². The second kappa shape index (κ2) is 6.06. The van der Waals surface area contributed by atoms with Gasteiger partial charge in [-0.1, -0.05) is 6.07 Å². The second-order valence-electron chi connectivity index (χ2n) is 3.57. The zero-order chi connectivity index (χ0) is 12.1. The van der Waals surface area contributed by atoms with Crippen LogP contribution in [0, 0.1) is 0 Å². The minimum Gasteiger partial charge on any atom is -0.351 e. The summed E-state index contributed by atoms with van der Waals surface area (Å²) in [5.41, 5.74) is 0.571. The molecule has 0 heterocycles. The molecule has 2 unspecified atom stereocenters. The van der Waals surface area contributed by atoms with Crippen LogP contribution >= 0.6 is 12.6 Å². The molecular weight excluding hydrogens is 242 g/mol. The number of nitrogens with one attached hydrogen (secondary N) is 1. The Hall–Kier alpha value is -0.810. The lowest BCUT2D eigenvalue weighted by molar-refractivity contribution is 0.0954. The molecule has 1 aromatic carbocycles. The Kier molecular flexibility index (Phi) is 5.02. The van der Waals surface area contributed by atoms with Gasteiger partial charge in [-0.15, -0.1) is 12.6 Å². The molecule has 0 saturated carbocycles. The molecule has 0 radical (unpaired) electrons. The molecule has 0 bridgehead atoms. The molecule has 0 aliphatic carbocycles. The number of rotatable bonds is 4. The van der Waals surface area contributed by atoms with Crippen LogP contribution in [0.4, 0.5) is 0 Å². The molecule has 2 atom stereocenters. The number of carbonyl (C=O) groups is 1. The maximum Gasteiger partial charge on any atom is 0.251 e. The van der Waals surface area contributed by atoms with Crippen molar-refractivity contribution in [1.29, 1.82) is 0 Å². The minimum atomic E-state index is -0.917. The molecule has 1 rings (SSSR count). The van der Waals surface area contributed by atoms with Gasteiger partial charge in [-0.3, -0.25) is 9.00 Å². The number of amides is 1. The Morgan fingerprint density at radius 1 is 1.56 bits per heavy atom. The summed E-state index contributed by atoms with van der Waals surface area (Å²) >= 11 is 4.16. The van der Waals surface area contributed by atoms with Crippen LogP contribution < -0.4 is 5.32 Å². The summed E-state index contributed by atoms with van der Waals surface area (Å²) in [6, 6.07) is 7.01. The van der Waals surface area contributed by atoms with E-state index in [1.807, 2.05) is 13.0 Å². The average molecular weight is 257 g/mol. The predicted molar refractivity (Wildman–Crippen MR) is 69.6 cm³/mol. The lowest BCUT2D eigenvalue weighted by atomic mass is 10.2. The van der Waals surface area contributed by atoms with E-state index < -0.39 is 10.8 Å². The second-order valence-corrected chi connectivity index (χ2v) is 5.89. The summed E-state index contributed by atoms with van der Waals surface area (Å²) < 4.78 is 11.1. The van der Waals surface area contributed by atoms with Crippen LogP contribution in [0.2, 0.25) is 0 Å². The SMILES string of the molecule is CC(CNC(=O)c1cccc(S)c1)S(C)=O. The molecule has 5 heteroatoms.